The van der Waals surface area contributed by atoms with E-state index in [4.69, 9.17) is 5.11 Å². The van der Waals surface area contributed by atoms with E-state index in [0.29, 0.717) is 5.56 Å². The second-order valence-electron chi connectivity index (χ2n) is 1.83. The number of benzene rings is 1. The Balaban J connectivity index is 0.000000354. The van der Waals surface area contributed by atoms with Crippen LogP contribution in [0.25, 0.3) is 0 Å². The summed E-state index contributed by atoms with van der Waals surface area (Å²) >= 11 is 0. The summed E-state index contributed by atoms with van der Waals surface area (Å²) in [4.78, 5) is 10.2. The van der Waals surface area contributed by atoms with E-state index in [1.807, 2.05) is 0 Å². The molecule has 0 atom stereocenters. The average molecular weight is 168 g/mol. The van der Waals surface area contributed by atoms with Crippen LogP contribution in [0.15, 0.2) is 43.2 Å². The Hall–Kier alpha value is -1.64. The molecule has 3 heteroatoms. The Morgan fingerprint density at radius 1 is 1.42 bits per heavy atom. The maximum Gasteiger partial charge on any atom is 0.335 e. The van der Waals surface area contributed by atoms with E-state index in [1.165, 1.54) is 0 Å². The molecule has 1 aromatic carbocycles. The van der Waals surface area contributed by atoms with Crippen molar-refractivity contribution in [2.75, 3.05) is 0 Å². The number of rotatable bonds is 1. The van der Waals surface area contributed by atoms with Crippen LogP contribution in [0.4, 0.5) is 4.39 Å². The first-order valence-corrected chi connectivity index (χ1v) is 3.21. The number of carboxylic acid groups (broad SMARTS) is 1. The van der Waals surface area contributed by atoms with Crippen molar-refractivity contribution in [2.45, 2.75) is 0 Å². The summed E-state index contributed by atoms with van der Waals surface area (Å²) in [6.45, 7) is 2.69. The zero-order chi connectivity index (χ0) is 9.40. The summed E-state index contributed by atoms with van der Waals surface area (Å²) in [5, 5.41) is 8.38. The molecule has 0 aliphatic heterocycles. The van der Waals surface area contributed by atoms with Crippen LogP contribution in [0, 0.1) is 0 Å². The zero-order valence-electron chi connectivity index (χ0n) is 6.40. The molecular formula is C9H9FO2. The van der Waals surface area contributed by atoms with Crippen molar-refractivity contribution in [3.8, 4) is 0 Å². The van der Waals surface area contributed by atoms with Crippen LogP contribution in [0.1, 0.15) is 10.4 Å². The predicted octanol–water partition coefficient (Wildman–Crippen LogP) is 2.48. The Morgan fingerprint density at radius 3 is 2.08 bits per heavy atom. The van der Waals surface area contributed by atoms with Crippen LogP contribution >= 0.6 is 0 Å². The van der Waals surface area contributed by atoms with Crippen molar-refractivity contribution >= 4 is 5.97 Å². The second-order valence-corrected chi connectivity index (χ2v) is 1.83. The van der Waals surface area contributed by atoms with Crippen LogP contribution in [0.5, 0.6) is 0 Å². The third-order valence-electron chi connectivity index (χ3n) is 1.02. The molecule has 1 rings (SSSR count). The Bertz CT molecular complexity index is 244. The lowest BCUT2D eigenvalue weighted by Gasteiger charge is -1.88. The fourth-order valence-corrected chi connectivity index (χ4v) is 0.581. The van der Waals surface area contributed by atoms with Crippen LogP contribution in [-0.2, 0) is 0 Å². The monoisotopic (exact) mass is 168 g/mol. The van der Waals surface area contributed by atoms with Gasteiger partial charge in [0, 0.05) is 0 Å². The van der Waals surface area contributed by atoms with Crippen LogP contribution in [-0.4, -0.2) is 11.1 Å². The van der Waals surface area contributed by atoms with E-state index in [2.05, 4.69) is 6.58 Å². The zero-order valence-corrected chi connectivity index (χ0v) is 6.40. The summed E-state index contributed by atoms with van der Waals surface area (Å²) < 4.78 is 10.1. The molecule has 0 spiro atoms. The minimum Gasteiger partial charge on any atom is -0.478 e. The lowest BCUT2D eigenvalue weighted by molar-refractivity contribution is 0.0697. The highest BCUT2D eigenvalue weighted by atomic mass is 19.1. The maximum absolute atomic E-state index is 10.2. The van der Waals surface area contributed by atoms with Gasteiger partial charge >= 0.3 is 5.97 Å². The van der Waals surface area contributed by atoms with Gasteiger partial charge in [-0.2, -0.15) is 0 Å². The lowest BCUT2D eigenvalue weighted by Crippen LogP contribution is -1.93. The number of hydrogen-bond donors (Lipinski definition) is 1. The fourth-order valence-electron chi connectivity index (χ4n) is 0.581. The Morgan fingerprint density at radius 2 is 1.83 bits per heavy atom. The normalized spacial score (nSPS) is 7.75. The van der Waals surface area contributed by atoms with E-state index in [-0.39, 0.29) is 6.33 Å². The second kappa shape index (κ2) is 6.09. The Kier molecular flexibility index (Phi) is 5.26. The smallest absolute Gasteiger partial charge is 0.335 e. The lowest BCUT2D eigenvalue weighted by atomic mass is 10.2. The van der Waals surface area contributed by atoms with Crippen LogP contribution in [0.2, 0.25) is 0 Å². The van der Waals surface area contributed by atoms with Gasteiger partial charge in [-0.25, -0.2) is 9.18 Å². The highest BCUT2D eigenvalue weighted by Crippen LogP contribution is 1.96. The summed E-state index contributed by atoms with van der Waals surface area (Å²) in [5.41, 5.74) is 0.331. The first kappa shape index (κ1) is 10.4. The van der Waals surface area contributed by atoms with E-state index in [1.54, 1.807) is 30.3 Å². The topological polar surface area (TPSA) is 37.3 Å². The van der Waals surface area contributed by atoms with Gasteiger partial charge in [0.2, 0.25) is 0 Å². The van der Waals surface area contributed by atoms with Crippen molar-refractivity contribution < 1.29 is 14.3 Å². The standard InChI is InChI=1S/C7H6O2.C2H3F/c8-7(9)6-4-2-1-3-5-6;1-2-3/h1-5H,(H,8,9);2H,1H2. The van der Waals surface area contributed by atoms with Crippen molar-refractivity contribution in [3.63, 3.8) is 0 Å². The van der Waals surface area contributed by atoms with Gasteiger partial charge in [-0.05, 0) is 12.1 Å². The third-order valence-corrected chi connectivity index (χ3v) is 1.02. The quantitative estimate of drug-likeness (QED) is 0.699. The van der Waals surface area contributed by atoms with Crippen molar-refractivity contribution in [1.82, 2.24) is 0 Å². The molecule has 0 bridgehead atoms. The number of halogens is 1. The van der Waals surface area contributed by atoms with Crippen LogP contribution in [0.3, 0.4) is 0 Å². The molecule has 0 radical (unpaired) electrons. The van der Waals surface area contributed by atoms with E-state index < -0.39 is 5.97 Å². The van der Waals surface area contributed by atoms with Crippen molar-refractivity contribution in [2.24, 2.45) is 0 Å². The van der Waals surface area contributed by atoms with E-state index in [9.17, 15) is 9.18 Å². The number of carbonyl (C=O) groups is 1. The molecule has 0 aliphatic rings. The van der Waals surface area contributed by atoms with Crippen molar-refractivity contribution in [1.29, 1.82) is 0 Å². The van der Waals surface area contributed by atoms with Gasteiger partial charge < -0.3 is 5.11 Å². The van der Waals surface area contributed by atoms with Gasteiger partial charge in [0.05, 0.1) is 11.9 Å². The highest BCUT2D eigenvalue weighted by molar-refractivity contribution is 5.87. The van der Waals surface area contributed by atoms with Gasteiger partial charge in [0.15, 0.2) is 0 Å². The molecule has 0 amide bonds. The summed E-state index contributed by atoms with van der Waals surface area (Å²) in [6.07, 6.45) is 0.250. The molecule has 0 saturated carbocycles. The highest BCUT2D eigenvalue weighted by Gasteiger charge is 1.96. The first-order valence-electron chi connectivity index (χ1n) is 3.21. The molecule has 12 heavy (non-hydrogen) atoms. The number of aromatic carboxylic acids is 1. The molecule has 0 saturated heterocycles. The minimum atomic E-state index is -0.879. The van der Waals surface area contributed by atoms with Gasteiger partial charge in [0.25, 0.3) is 0 Å². The molecule has 0 fully saturated rings. The predicted molar refractivity (Wildman–Crippen MR) is 44.7 cm³/mol. The number of carboxylic acids is 1. The fraction of sp³-hybridized carbons (Fsp3) is 0. The van der Waals surface area contributed by atoms with Crippen LogP contribution < -0.4 is 0 Å². The SMILES string of the molecule is C=CF.O=C(O)c1ccccc1. The van der Waals surface area contributed by atoms with E-state index >= 15 is 0 Å². The number of hydrogen-bond acceptors (Lipinski definition) is 1. The average Bonchev–Trinajstić information content (AvgIpc) is 2.07. The molecule has 0 aromatic heterocycles. The van der Waals surface area contributed by atoms with Crippen molar-refractivity contribution in [3.05, 3.63) is 48.8 Å². The Labute approximate surface area is 70.0 Å². The molecule has 0 heterocycles. The summed E-state index contributed by atoms with van der Waals surface area (Å²) in [5.74, 6) is -0.879. The van der Waals surface area contributed by atoms with Gasteiger partial charge in [0.1, 0.15) is 0 Å². The van der Waals surface area contributed by atoms with Gasteiger partial charge in [-0.15, -0.1) is 0 Å². The summed E-state index contributed by atoms with van der Waals surface area (Å²) in [6, 6.07) is 8.30. The summed E-state index contributed by atoms with van der Waals surface area (Å²) in [7, 11) is 0. The van der Waals surface area contributed by atoms with Gasteiger partial charge in [-0.1, -0.05) is 24.8 Å². The maximum atomic E-state index is 10.2. The molecule has 0 unspecified atom stereocenters. The van der Waals surface area contributed by atoms with E-state index in [0.717, 1.165) is 0 Å². The molecule has 0 aliphatic carbocycles. The molecular weight excluding hydrogens is 159 g/mol. The first-order chi connectivity index (χ1) is 5.72. The third kappa shape index (κ3) is 4.22. The molecule has 2 nitrogen and oxygen atoms in total. The van der Waals surface area contributed by atoms with Gasteiger partial charge in [-0.3, -0.25) is 0 Å². The molecule has 64 valence electrons. The molecule has 1 N–H and O–H groups in total. The molecule has 1 aromatic rings. The largest absolute Gasteiger partial charge is 0.478 e. The minimum absolute atomic E-state index is 0.250.